The summed E-state index contributed by atoms with van der Waals surface area (Å²) in [6, 6.07) is 5.20. The molecule has 3 rings (SSSR count). The monoisotopic (exact) mass is 386 g/mol. The summed E-state index contributed by atoms with van der Waals surface area (Å²) in [7, 11) is 1.77. The first-order valence-electron chi connectivity index (χ1n) is 8.48. The van der Waals surface area contributed by atoms with E-state index in [1.165, 1.54) is 30.7 Å². The van der Waals surface area contributed by atoms with Gasteiger partial charge in [-0.2, -0.15) is 5.10 Å². The van der Waals surface area contributed by atoms with Crippen molar-refractivity contribution in [1.29, 1.82) is 0 Å². The number of carbonyl (C=O) groups is 1. The van der Waals surface area contributed by atoms with Crippen LogP contribution in [0.4, 0.5) is 10.1 Å². The maximum absolute atomic E-state index is 13.7. The van der Waals surface area contributed by atoms with Crippen LogP contribution in [0.3, 0.4) is 0 Å². The number of rotatable bonds is 6. The summed E-state index contributed by atoms with van der Waals surface area (Å²) in [5.41, 5.74) is 0.943. The first-order chi connectivity index (χ1) is 13.3. The molecule has 1 unspecified atom stereocenters. The quantitative estimate of drug-likeness (QED) is 0.516. The summed E-state index contributed by atoms with van der Waals surface area (Å²) >= 11 is 0. The van der Waals surface area contributed by atoms with Crippen molar-refractivity contribution in [3.05, 3.63) is 75.4 Å². The lowest BCUT2D eigenvalue weighted by Crippen LogP contribution is -2.34. The van der Waals surface area contributed by atoms with E-state index in [0.29, 0.717) is 11.4 Å². The number of imidazole rings is 1. The fraction of sp³-hybridized carbons (Fsp3) is 0.278. The summed E-state index contributed by atoms with van der Waals surface area (Å²) < 4.78 is 16.7. The number of nitro groups is 1. The third-order valence-electron chi connectivity index (χ3n) is 4.42. The molecule has 9 nitrogen and oxygen atoms in total. The zero-order valence-electron chi connectivity index (χ0n) is 15.6. The van der Waals surface area contributed by atoms with Crippen molar-refractivity contribution in [3.63, 3.8) is 0 Å². The molecular weight excluding hydrogens is 367 g/mol. The smallest absolute Gasteiger partial charge is 0.312 e. The number of hydrogen-bond acceptors (Lipinski definition) is 5. The lowest BCUT2D eigenvalue weighted by atomic mass is 10.1. The Balaban J connectivity index is 1.88. The standard InChI is InChI=1S/C18H19FN6O3/c1-11-17(25(27)28)12(2)24(22-11)10-15(26)21-16(18-20-7-8-23(18)3)13-5-4-6-14(19)9-13/h4-9,16H,10H2,1-3H3,(H,21,26). The van der Waals surface area contributed by atoms with Crippen LogP contribution >= 0.6 is 0 Å². The second kappa shape index (κ2) is 7.59. The van der Waals surface area contributed by atoms with Crippen molar-refractivity contribution >= 4 is 11.6 Å². The van der Waals surface area contributed by atoms with E-state index in [1.807, 2.05) is 0 Å². The first-order valence-corrected chi connectivity index (χ1v) is 8.48. The molecule has 0 aliphatic rings. The SMILES string of the molecule is Cc1nn(CC(=O)NC(c2cccc(F)c2)c2nccn2C)c(C)c1[N+](=O)[O-]. The van der Waals surface area contributed by atoms with Crippen LogP contribution in [0, 0.1) is 29.8 Å². The highest BCUT2D eigenvalue weighted by atomic mass is 19.1. The molecule has 0 saturated carbocycles. The number of halogens is 1. The molecule has 0 saturated heterocycles. The van der Waals surface area contributed by atoms with Gasteiger partial charge < -0.3 is 9.88 Å². The van der Waals surface area contributed by atoms with E-state index >= 15 is 0 Å². The molecule has 1 atom stereocenters. The van der Waals surface area contributed by atoms with E-state index in [9.17, 15) is 19.3 Å². The minimum absolute atomic E-state index is 0.112. The molecule has 2 heterocycles. The van der Waals surface area contributed by atoms with Gasteiger partial charge in [0.2, 0.25) is 5.91 Å². The van der Waals surface area contributed by atoms with E-state index in [-0.39, 0.29) is 23.6 Å². The summed E-state index contributed by atoms with van der Waals surface area (Å²) in [4.78, 5) is 27.5. The van der Waals surface area contributed by atoms with Gasteiger partial charge in [-0.1, -0.05) is 12.1 Å². The topological polar surface area (TPSA) is 108 Å². The number of aromatic nitrogens is 4. The average Bonchev–Trinajstić information content (AvgIpc) is 3.15. The Labute approximate surface area is 160 Å². The van der Waals surface area contributed by atoms with Crippen LogP contribution in [-0.2, 0) is 18.4 Å². The Bertz CT molecular complexity index is 1040. The van der Waals surface area contributed by atoms with E-state index in [4.69, 9.17) is 0 Å². The summed E-state index contributed by atoms with van der Waals surface area (Å²) in [5, 5.41) is 18.0. The van der Waals surface area contributed by atoms with Gasteiger partial charge in [-0.15, -0.1) is 0 Å². The second-order valence-corrected chi connectivity index (χ2v) is 6.39. The number of benzene rings is 1. The zero-order valence-corrected chi connectivity index (χ0v) is 15.6. The highest BCUT2D eigenvalue weighted by Crippen LogP contribution is 2.23. The summed E-state index contributed by atoms with van der Waals surface area (Å²) in [6.45, 7) is 2.84. The minimum atomic E-state index is -0.685. The van der Waals surface area contributed by atoms with Gasteiger partial charge in [0.1, 0.15) is 35.6 Å². The van der Waals surface area contributed by atoms with Crippen LogP contribution in [0.5, 0.6) is 0 Å². The van der Waals surface area contributed by atoms with Gasteiger partial charge in [-0.3, -0.25) is 19.6 Å². The molecule has 1 amide bonds. The molecule has 28 heavy (non-hydrogen) atoms. The Hall–Kier alpha value is -3.56. The Morgan fingerprint density at radius 2 is 2.14 bits per heavy atom. The van der Waals surface area contributed by atoms with Crippen molar-refractivity contribution in [2.75, 3.05) is 0 Å². The maximum atomic E-state index is 13.7. The van der Waals surface area contributed by atoms with Gasteiger partial charge in [0.05, 0.1) is 4.92 Å². The molecular formula is C18H19FN6O3. The van der Waals surface area contributed by atoms with Gasteiger partial charge in [0.25, 0.3) is 0 Å². The van der Waals surface area contributed by atoms with E-state index in [0.717, 1.165) is 0 Å². The van der Waals surface area contributed by atoms with Crippen LogP contribution in [-0.4, -0.2) is 30.2 Å². The molecule has 0 aliphatic heterocycles. The summed E-state index contributed by atoms with van der Waals surface area (Å²) in [5.74, 6) is -0.337. The molecule has 0 spiro atoms. The fourth-order valence-electron chi connectivity index (χ4n) is 3.09. The van der Waals surface area contributed by atoms with E-state index in [1.54, 1.807) is 36.1 Å². The van der Waals surface area contributed by atoms with Crippen LogP contribution < -0.4 is 5.32 Å². The molecule has 0 radical (unpaired) electrons. The van der Waals surface area contributed by atoms with Crippen LogP contribution in [0.15, 0.2) is 36.7 Å². The normalized spacial score (nSPS) is 12.0. The number of amides is 1. The molecule has 0 bridgehead atoms. The number of nitrogens with one attached hydrogen (secondary N) is 1. The molecule has 2 aromatic heterocycles. The third-order valence-corrected chi connectivity index (χ3v) is 4.42. The molecule has 3 aromatic rings. The Kier molecular flexibility index (Phi) is 5.21. The third kappa shape index (κ3) is 3.75. The Morgan fingerprint density at radius 1 is 1.39 bits per heavy atom. The number of hydrogen-bond donors (Lipinski definition) is 1. The van der Waals surface area contributed by atoms with Gasteiger partial charge in [-0.05, 0) is 31.5 Å². The van der Waals surface area contributed by atoms with Crippen molar-refractivity contribution in [2.24, 2.45) is 7.05 Å². The zero-order chi connectivity index (χ0) is 20.4. The molecule has 1 N–H and O–H groups in total. The predicted octanol–water partition coefficient (Wildman–Crippen LogP) is 2.19. The first kappa shape index (κ1) is 19.2. The summed E-state index contributed by atoms with van der Waals surface area (Å²) in [6.07, 6.45) is 3.30. The lowest BCUT2D eigenvalue weighted by molar-refractivity contribution is -0.386. The largest absolute Gasteiger partial charge is 0.340 e. The second-order valence-electron chi connectivity index (χ2n) is 6.39. The Morgan fingerprint density at radius 3 is 2.71 bits per heavy atom. The molecule has 10 heteroatoms. The highest BCUT2D eigenvalue weighted by molar-refractivity contribution is 5.76. The van der Waals surface area contributed by atoms with Crippen LogP contribution in [0.25, 0.3) is 0 Å². The van der Waals surface area contributed by atoms with Crippen molar-refractivity contribution in [1.82, 2.24) is 24.6 Å². The highest BCUT2D eigenvalue weighted by Gasteiger charge is 2.25. The van der Waals surface area contributed by atoms with Crippen molar-refractivity contribution < 1.29 is 14.1 Å². The maximum Gasteiger partial charge on any atom is 0.312 e. The minimum Gasteiger partial charge on any atom is -0.340 e. The van der Waals surface area contributed by atoms with E-state index < -0.39 is 22.7 Å². The molecule has 146 valence electrons. The number of nitrogens with zero attached hydrogens (tertiary/aromatic N) is 5. The lowest BCUT2D eigenvalue weighted by Gasteiger charge is -2.19. The van der Waals surface area contributed by atoms with Gasteiger partial charge in [0, 0.05) is 19.4 Å². The van der Waals surface area contributed by atoms with Gasteiger partial charge in [-0.25, -0.2) is 9.37 Å². The average molecular weight is 386 g/mol. The van der Waals surface area contributed by atoms with Gasteiger partial charge >= 0.3 is 5.69 Å². The molecule has 0 aliphatic carbocycles. The predicted molar refractivity (Wildman–Crippen MR) is 97.9 cm³/mol. The van der Waals surface area contributed by atoms with Gasteiger partial charge in [0.15, 0.2) is 0 Å². The molecule has 0 fully saturated rings. The van der Waals surface area contributed by atoms with Crippen LogP contribution in [0.2, 0.25) is 0 Å². The van der Waals surface area contributed by atoms with Crippen molar-refractivity contribution in [3.8, 4) is 0 Å². The van der Waals surface area contributed by atoms with Crippen molar-refractivity contribution in [2.45, 2.75) is 26.4 Å². The molecule has 1 aromatic carbocycles. The van der Waals surface area contributed by atoms with Crippen LogP contribution in [0.1, 0.15) is 28.8 Å². The number of carbonyl (C=O) groups excluding carboxylic acids is 1. The number of aryl methyl sites for hydroxylation is 2. The van der Waals surface area contributed by atoms with E-state index in [2.05, 4.69) is 15.4 Å². The fourth-order valence-corrected chi connectivity index (χ4v) is 3.09.